The molecule has 6 nitrogen and oxygen atoms in total. The van der Waals surface area contributed by atoms with Crippen LogP contribution in [0.25, 0.3) is 10.9 Å². The topological polar surface area (TPSA) is 79.2 Å². The van der Waals surface area contributed by atoms with Gasteiger partial charge in [-0.25, -0.2) is 0 Å². The summed E-state index contributed by atoms with van der Waals surface area (Å²) < 4.78 is 1.05. The first-order valence-corrected chi connectivity index (χ1v) is 8.64. The van der Waals surface area contributed by atoms with Crippen molar-refractivity contribution in [3.05, 3.63) is 73.9 Å². The molecule has 2 heterocycles. The van der Waals surface area contributed by atoms with E-state index in [4.69, 9.17) is 0 Å². The normalized spacial score (nSPS) is 13.7. The fourth-order valence-corrected chi connectivity index (χ4v) is 3.68. The molecule has 0 bridgehead atoms. The summed E-state index contributed by atoms with van der Waals surface area (Å²) in [6, 6.07) is 10.6. The number of aromatic amines is 1. The molecule has 0 radical (unpaired) electrons. The smallest absolute Gasteiger partial charge is 0.271 e. The number of hydrogen-bond donors (Lipinski definition) is 1. The summed E-state index contributed by atoms with van der Waals surface area (Å²) in [6.07, 6.45) is 2.45. The Hall–Kier alpha value is -2.67. The largest absolute Gasteiger partial charge is 0.360 e. The van der Waals surface area contributed by atoms with Crippen LogP contribution >= 0.6 is 15.9 Å². The van der Waals surface area contributed by atoms with Crippen molar-refractivity contribution in [2.75, 3.05) is 6.54 Å². The Bertz CT molecular complexity index is 1010. The molecular formula is C18H14BrN3O3. The lowest BCUT2D eigenvalue weighted by atomic mass is 9.99. The number of carbonyl (C=O) groups excluding carboxylic acids is 1. The number of fused-ring (bicyclic) bond motifs is 2. The predicted molar refractivity (Wildman–Crippen MR) is 97.5 cm³/mol. The molecule has 1 aromatic heterocycles. The van der Waals surface area contributed by atoms with Gasteiger partial charge in [0.15, 0.2) is 0 Å². The van der Waals surface area contributed by atoms with Crippen molar-refractivity contribution < 1.29 is 9.72 Å². The molecule has 0 spiro atoms. The number of hydrogen-bond acceptors (Lipinski definition) is 3. The van der Waals surface area contributed by atoms with Gasteiger partial charge in [-0.1, -0.05) is 22.0 Å². The Morgan fingerprint density at radius 1 is 1.20 bits per heavy atom. The van der Waals surface area contributed by atoms with Crippen molar-refractivity contribution >= 4 is 38.4 Å². The van der Waals surface area contributed by atoms with Gasteiger partial charge in [0.05, 0.1) is 16.0 Å². The van der Waals surface area contributed by atoms with Crippen LogP contribution in [0.5, 0.6) is 0 Å². The summed E-state index contributed by atoms with van der Waals surface area (Å²) in [7, 11) is 0. The molecule has 1 amide bonds. The SMILES string of the molecule is O=C(c1c[nH]c2cc([N+](=O)[O-])ccc12)N1CCc2cc(Br)ccc2C1. The highest BCUT2D eigenvalue weighted by Crippen LogP contribution is 2.27. The Morgan fingerprint density at radius 3 is 2.84 bits per heavy atom. The van der Waals surface area contributed by atoms with Crippen LogP contribution in [0.1, 0.15) is 21.5 Å². The molecule has 0 saturated carbocycles. The highest BCUT2D eigenvalue weighted by molar-refractivity contribution is 9.10. The van der Waals surface area contributed by atoms with E-state index in [1.165, 1.54) is 17.7 Å². The Kier molecular flexibility index (Phi) is 3.80. The van der Waals surface area contributed by atoms with E-state index in [0.29, 0.717) is 29.6 Å². The van der Waals surface area contributed by atoms with Crippen LogP contribution in [0.15, 0.2) is 47.1 Å². The molecule has 0 atom stereocenters. The second kappa shape index (κ2) is 6.00. The van der Waals surface area contributed by atoms with E-state index in [2.05, 4.69) is 27.0 Å². The molecular weight excluding hydrogens is 386 g/mol. The van der Waals surface area contributed by atoms with Crippen LogP contribution in [0.3, 0.4) is 0 Å². The van der Waals surface area contributed by atoms with E-state index in [0.717, 1.165) is 16.5 Å². The molecule has 0 saturated heterocycles. The van der Waals surface area contributed by atoms with Gasteiger partial charge in [-0.05, 0) is 35.7 Å². The van der Waals surface area contributed by atoms with Crippen molar-refractivity contribution in [2.45, 2.75) is 13.0 Å². The first-order valence-electron chi connectivity index (χ1n) is 7.85. The minimum Gasteiger partial charge on any atom is -0.360 e. The third kappa shape index (κ3) is 2.80. The number of benzene rings is 2. The zero-order chi connectivity index (χ0) is 17.6. The van der Waals surface area contributed by atoms with Crippen LogP contribution in [0.2, 0.25) is 0 Å². The molecule has 2 aromatic carbocycles. The number of nitrogens with one attached hydrogen (secondary N) is 1. The molecule has 126 valence electrons. The molecule has 0 unspecified atom stereocenters. The summed E-state index contributed by atoms with van der Waals surface area (Å²) in [5.74, 6) is -0.0614. The van der Waals surface area contributed by atoms with Crippen LogP contribution in [-0.2, 0) is 13.0 Å². The maximum atomic E-state index is 12.9. The van der Waals surface area contributed by atoms with Gasteiger partial charge in [0, 0.05) is 41.3 Å². The molecule has 3 aromatic rings. The average Bonchev–Trinajstić information content (AvgIpc) is 3.03. The number of nitro benzene ring substituents is 1. The molecule has 0 aliphatic carbocycles. The lowest BCUT2D eigenvalue weighted by molar-refractivity contribution is -0.384. The van der Waals surface area contributed by atoms with Crippen molar-refractivity contribution in [3.63, 3.8) is 0 Å². The maximum absolute atomic E-state index is 12.9. The second-order valence-corrected chi connectivity index (χ2v) is 6.99. The number of nitrogens with zero attached hydrogens (tertiary/aromatic N) is 2. The van der Waals surface area contributed by atoms with E-state index in [9.17, 15) is 14.9 Å². The summed E-state index contributed by atoms with van der Waals surface area (Å²) in [5.41, 5.74) is 3.56. The van der Waals surface area contributed by atoms with Crippen LogP contribution in [0.4, 0.5) is 5.69 Å². The van der Waals surface area contributed by atoms with Crippen molar-refractivity contribution in [1.82, 2.24) is 9.88 Å². The second-order valence-electron chi connectivity index (χ2n) is 6.08. The zero-order valence-corrected chi connectivity index (χ0v) is 14.7. The Labute approximate surface area is 151 Å². The van der Waals surface area contributed by atoms with Gasteiger partial charge >= 0.3 is 0 Å². The molecule has 7 heteroatoms. The van der Waals surface area contributed by atoms with Gasteiger partial charge in [-0.15, -0.1) is 0 Å². The van der Waals surface area contributed by atoms with Crippen LogP contribution in [0, 0.1) is 10.1 Å². The molecule has 1 aliphatic rings. The monoisotopic (exact) mass is 399 g/mol. The highest BCUT2D eigenvalue weighted by atomic mass is 79.9. The van der Waals surface area contributed by atoms with E-state index in [-0.39, 0.29) is 11.6 Å². The van der Waals surface area contributed by atoms with E-state index >= 15 is 0 Å². The van der Waals surface area contributed by atoms with Crippen molar-refractivity contribution in [3.8, 4) is 0 Å². The number of rotatable bonds is 2. The number of halogens is 1. The number of non-ortho nitro benzene ring substituents is 1. The first kappa shape index (κ1) is 15.8. The third-order valence-corrected chi connectivity index (χ3v) is 5.07. The zero-order valence-electron chi connectivity index (χ0n) is 13.2. The predicted octanol–water partition coefficient (Wildman–Crippen LogP) is 4.04. The quantitative estimate of drug-likeness (QED) is 0.521. The number of H-pyrrole nitrogens is 1. The minimum absolute atomic E-state index is 0.00539. The van der Waals surface area contributed by atoms with Crippen LogP contribution in [-0.4, -0.2) is 27.3 Å². The lowest BCUT2D eigenvalue weighted by Crippen LogP contribution is -2.35. The molecule has 1 N–H and O–H groups in total. The van der Waals surface area contributed by atoms with E-state index in [1.54, 1.807) is 12.3 Å². The Morgan fingerprint density at radius 2 is 2.04 bits per heavy atom. The Balaban J connectivity index is 1.64. The van der Waals surface area contributed by atoms with E-state index < -0.39 is 4.92 Å². The van der Waals surface area contributed by atoms with Gasteiger partial charge in [0.2, 0.25) is 0 Å². The first-order chi connectivity index (χ1) is 12.0. The summed E-state index contributed by atoms with van der Waals surface area (Å²) in [6.45, 7) is 1.23. The fourth-order valence-electron chi connectivity index (χ4n) is 3.27. The number of aromatic nitrogens is 1. The molecule has 4 rings (SSSR count). The lowest BCUT2D eigenvalue weighted by Gasteiger charge is -2.29. The van der Waals surface area contributed by atoms with Gasteiger partial charge in [0.25, 0.3) is 11.6 Å². The third-order valence-electron chi connectivity index (χ3n) is 4.57. The van der Waals surface area contributed by atoms with Crippen LogP contribution < -0.4 is 0 Å². The molecule has 25 heavy (non-hydrogen) atoms. The van der Waals surface area contributed by atoms with Gasteiger partial charge in [-0.2, -0.15) is 0 Å². The standard InChI is InChI=1S/C18H14BrN3O3/c19-13-2-1-12-10-21(6-5-11(12)7-13)18(23)16-9-20-17-8-14(22(24)25)3-4-15(16)17/h1-4,7-9,20H,5-6,10H2. The van der Waals surface area contributed by atoms with Gasteiger partial charge < -0.3 is 9.88 Å². The summed E-state index contributed by atoms with van der Waals surface area (Å²) in [5, 5.41) is 11.6. The maximum Gasteiger partial charge on any atom is 0.271 e. The highest BCUT2D eigenvalue weighted by Gasteiger charge is 2.24. The molecule has 0 fully saturated rings. The van der Waals surface area contributed by atoms with Crippen molar-refractivity contribution in [2.24, 2.45) is 0 Å². The minimum atomic E-state index is -0.443. The summed E-state index contributed by atoms with van der Waals surface area (Å²) in [4.78, 5) is 28.2. The van der Waals surface area contributed by atoms with Gasteiger partial charge in [0.1, 0.15) is 0 Å². The van der Waals surface area contributed by atoms with Crippen molar-refractivity contribution in [1.29, 1.82) is 0 Å². The van der Waals surface area contributed by atoms with Gasteiger partial charge in [-0.3, -0.25) is 14.9 Å². The fraction of sp³-hybridized carbons (Fsp3) is 0.167. The molecule has 1 aliphatic heterocycles. The number of nitro groups is 1. The summed E-state index contributed by atoms with van der Waals surface area (Å²) >= 11 is 3.48. The average molecular weight is 400 g/mol. The number of carbonyl (C=O) groups is 1. The number of amides is 1. The van der Waals surface area contributed by atoms with E-state index in [1.807, 2.05) is 17.0 Å².